The summed E-state index contributed by atoms with van der Waals surface area (Å²) in [7, 11) is 2.85. The summed E-state index contributed by atoms with van der Waals surface area (Å²) in [5.41, 5.74) is 3.57. The molecule has 1 amide bonds. The SMILES string of the molecule is C=CCOc1ccc(/C=C2\C(=O)N(c3ccc(C(C)C)cc3)C(C)=C2C(=O)OC)cc1OC. The molecule has 2 aromatic rings. The van der Waals surface area contributed by atoms with Gasteiger partial charge in [0, 0.05) is 11.4 Å². The number of carbonyl (C=O) groups is 2. The molecule has 6 heteroatoms. The van der Waals surface area contributed by atoms with Crippen molar-refractivity contribution in [1.82, 2.24) is 0 Å². The zero-order chi connectivity index (χ0) is 24.1. The molecule has 2 aromatic carbocycles. The molecular formula is C27H29NO5. The van der Waals surface area contributed by atoms with Crippen LogP contribution in [0.25, 0.3) is 6.08 Å². The first-order valence-electron chi connectivity index (χ1n) is 10.7. The van der Waals surface area contributed by atoms with Gasteiger partial charge < -0.3 is 14.2 Å². The number of rotatable bonds is 8. The lowest BCUT2D eigenvalue weighted by Crippen LogP contribution is -2.24. The molecule has 0 saturated heterocycles. The molecule has 0 aromatic heterocycles. The predicted molar refractivity (Wildman–Crippen MR) is 129 cm³/mol. The maximum Gasteiger partial charge on any atom is 0.340 e. The number of benzene rings is 2. The van der Waals surface area contributed by atoms with Gasteiger partial charge in [-0.15, -0.1) is 0 Å². The van der Waals surface area contributed by atoms with Crippen LogP contribution in [0.4, 0.5) is 5.69 Å². The number of hydrogen-bond donors (Lipinski definition) is 0. The number of hydrogen-bond acceptors (Lipinski definition) is 5. The summed E-state index contributed by atoms with van der Waals surface area (Å²) in [6, 6.07) is 13.1. The highest BCUT2D eigenvalue weighted by atomic mass is 16.5. The molecule has 3 rings (SSSR count). The van der Waals surface area contributed by atoms with Gasteiger partial charge in [-0.3, -0.25) is 9.69 Å². The number of nitrogens with zero attached hydrogens (tertiary/aromatic N) is 1. The molecule has 33 heavy (non-hydrogen) atoms. The molecule has 6 nitrogen and oxygen atoms in total. The maximum absolute atomic E-state index is 13.5. The van der Waals surface area contributed by atoms with Crippen LogP contribution in [0.1, 0.15) is 37.8 Å². The molecule has 1 aliphatic rings. The minimum atomic E-state index is -0.564. The summed E-state index contributed by atoms with van der Waals surface area (Å²) in [6.07, 6.45) is 3.31. The molecular weight excluding hydrogens is 418 g/mol. The van der Waals surface area contributed by atoms with Gasteiger partial charge in [-0.2, -0.15) is 0 Å². The monoisotopic (exact) mass is 447 g/mol. The quantitative estimate of drug-likeness (QED) is 0.314. The normalized spacial score (nSPS) is 14.8. The van der Waals surface area contributed by atoms with Crippen molar-refractivity contribution < 1.29 is 23.8 Å². The third-order valence-corrected chi connectivity index (χ3v) is 5.46. The van der Waals surface area contributed by atoms with E-state index in [1.807, 2.05) is 24.3 Å². The van der Waals surface area contributed by atoms with Crippen LogP contribution in [-0.2, 0) is 14.3 Å². The van der Waals surface area contributed by atoms with Gasteiger partial charge in [0.1, 0.15) is 6.61 Å². The highest BCUT2D eigenvalue weighted by Gasteiger charge is 2.37. The van der Waals surface area contributed by atoms with Crippen molar-refractivity contribution in [3.8, 4) is 11.5 Å². The largest absolute Gasteiger partial charge is 0.493 e. The summed E-state index contributed by atoms with van der Waals surface area (Å²) in [5.74, 6) is 0.587. The molecule has 0 N–H and O–H groups in total. The Hall–Kier alpha value is -3.80. The van der Waals surface area contributed by atoms with E-state index in [4.69, 9.17) is 14.2 Å². The Morgan fingerprint density at radius 1 is 1.09 bits per heavy atom. The predicted octanol–water partition coefficient (Wildman–Crippen LogP) is 5.26. The first-order valence-corrected chi connectivity index (χ1v) is 10.7. The Bertz CT molecular complexity index is 1130. The smallest absolute Gasteiger partial charge is 0.340 e. The van der Waals surface area contributed by atoms with Crippen molar-refractivity contribution in [3.63, 3.8) is 0 Å². The van der Waals surface area contributed by atoms with Crippen molar-refractivity contribution in [1.29, 1.82) is 0 Å². The number of carbonyl (C=O) groups excluding carboxylic acids is 2. The van der Waals surface area contributed by atoms with E-state index in [0.29, 0.717) is 41.0 Å². The third kappa shape index (κ3) is 4.85. The number of anilines is 1. The van der Waals surface area contributed by atoms with Crippen molar-refractivity contribution in [2.24, 2.45) is 0 Å². The van der Waals surface area contributed by atoms with Crippen molar-refractivity contribution >= 4 is 23.6 Å². The zero-order valence-corrected chi connectivity index (χ0v) is 19.7. The van der Waals surface area contributed by atoms with E-state index in [1.54, 1.807) is 49.3 Å². The third-order valence-electron chi connectivity index (χ3n) is 5.46. The summed E-state index contributed by atoms with van der Waals surface area (Å²) in [5, 5.41) is 0. The Balaban J connectivity index is 2.05. The number of methoxy groups -OCH3 is 2. The average molecular weight is 448 g/mol. The molecule has 172 valence electrons. The van der Waals surface area contributed by atoms with E-state index in [1.165, 1.54) is 12.7 Å². The molecule has 1 heterocycles. The second-order valence-corrected chi connectivity index (χ2v) is 7.91. The number of allylic oxidation sites excluding steroid dienone is 1. The zero-order valence-electron chi connectivity index (χ0n) is 19.7. The maximum atomic E-state index is 13.5. The van der Waals surface area contributed by atoms with E-state index in [9.17, 15) is 9.59 Å². The highest BCUT2D eigenvalue weighted by Crippen LogP contribution is 2.37. The van der Waals surface area contributed by atoms with E-state index in [0.717, 1.165) is 0 Å². The van der Waals surface area contributed by atoms with Crippen LogP contribution in [-0.4, -0.2) is 32.7 Å². The Morgan fingerprint density at radius 2 is 1.79 bits per heavy atom. The molecule has 0 saturated carbocycles. The molecule has 0 unspecified atom stereocenters. The minimum Gasteiger partial charge on any atom is -0.493 e. The van der Waals surface area contributed by atoms with Gasteiger partial charge in [0.2, 0.25) is 0 Å². The topological polar surface area (TPSA) is 65.1 Å². The second kappa shape index (κ2) is 10.2. The van der Waals surface area contributed by atoms with Crippen molar-refractivity contribution in [2.75, 3.05) is 25.7 Å². The Kier molecular flexibility index (Phi) is 7.38. The fourth-order valence-electron chi connectivity index (χ4n) is 3.71. The molecule has 0 atom stereocenters. The van der Waals surface area contributed by atoms with E-state index in [-0.39, 0.29) is 17.1 Å². The lowest BCUT2D eigenvalue weighted by atomic mass is 10.0. The molecule has 0 spiro atoms. The summed E-state index contributed by atoms with van der Waals surface area (Å²) >= 11 is 0. The molecule has 0 aliphatic carbocycles. The fraction of sp³-hybridized carbons (Fsp3) is 0.259. The standard InChI is InChI=1S/C27H29NO5/c1-7-14-33-23-13-8-19(16-24(23)31-5)15-22-25(27(30)32-6)18(4)28(26(22)29)21-11-9-20(10-12-21)17(2)3/h7-13,15-17H,1,14H2,2-6H3/b22-15-. The summed E-state index contributed by atoms with van der Waals surface area (Å²) < 4.78 is 16.0. The van der Waals surface area contributed by atoms with Crippen LogP contribution in [0.5, 0.6) is 11.5 Å². The van der Waals surface area contributed by atoms with Crippen LogP contribution in [0, 0.1) is 0 Å². The van der Waals surface area contributed by atoms with E-state index < -0.39 is 5.97 Å². The van der Waals surface area contributed by atoms with Gasteiger partial charge in [-0.05, 0) is 54.3 Å². The summed E-state index contributed by atoms with van der Waals surface area (Å²) in [6.45, 7) is 9.95. The van der Waals surface area contributed by atoms with Gasteiger partial charge >= 0.3 is 5.97 Å². The number of esters is 1. The van der Waals surface area contributed by atoms with Crippen LogP contribution >= 0.6 is 0 Å². The van der Waals surface area contributed by atoms with Gasteiger partial charge in [-0.25, -0.2) is 4.79 Å². The van der Waals surface area contributed by atoms with Crippen molar-refractivity contribution in [2.45, 2.75) is 26.7 Å². The van der Waals surface area contributed by atoms with Crippen LogP contribution in [0.3, 0.4) is 0 Å². The second-order valence-electron chi connectivity index (χ2n) is 7.91. The molecule has 0 radical (unpaired) electrons. The average Bonchev–Trinajstić information content (AvgIpc) is 3.06. The Labute approximate surface area is 194 Å². The number of amides is 1. The lowest BCUT2D eigenvalue weighted by Gasteiger charge is -2.19. The van der Waals surface area contributed by atoms with Gasteiger partial charge in [0.15, 0.2) is 11.5 Å². The van der Waals surface area contributed by atoms with Gasteiger partial charge in [-0.1, -0.05) is 44.7 Å². The van der Waals surface area contributed by atoms with E-state index >= 15 is 0 Å². The molecule has 1 aliphatic heterocycles. The van der Waals surface area contributed by atoms with Crippen LogP contribution < -0.4 is 14.4 Å². The first kappa shape index (κ1) is 23.9. The Morgan fingerprint density at radius 3 is 2.36 bits per heavy atom. The molecule has 0 bridgehead atoms. The highest BCUT2D eigenvalue weighted by molar-refractivity contribution is 6.23. The summed E-state index contributed by atoms with van der Waals surface area (Å²) in [4.78, 5) is 27.6. The fourth-order valence-corrected chi connectivity index (χ4v) is 3.71. The minimum absolute atomic E-state index is 0.237. The first-order chi connectivity index (χ1) is 15.8. The van der Waals surface area contributed by atoms with Crippen molar-refractivity contribution in [3.05, 3.63) is 83.1 Å². The van der Waals surface area contributed by atoms with Gasteiger partial charge in [0.05, 0.1) is 25.4 Å². The van der Waals surface area contributed by atoms with Crippen LogP contribution in [0.2, 0.25) is 0 Å². The molecule has 0 fully saturated rings. The van der Waals surface area contributed by atoms with Crippen LogP contribution in [0.15, 0.2) is 72.0 Å². The lowest BCUT2D eigenvalue weighted by molar-refractivity contribution is -0.136. The number of ether oxygens (including phenoxy) is 3. The van der Waals surface area contributed by atoms with E-state index in [2.05, 4.69) is 20.4 Å². The van der Waals surface area contributed by atoms with Gasteiger partial charge in [0.25, 0.3) is 5.91 Å².